The molecular formula is C17H23NO8S. The molecule has 27 heavy (non-hydrogen) atoms. The minimum absolute atomic E-state index is 0.0616. The lowest BCUT2D eigenvalue weighted by molar-refractivity contribution is -0.141. The lowest BCUT2D eigenvalue weighted by Gasteiger charge is -2.20. The summed E-state index contributed by atoms with van der Waals surface area (Å²) in [5.74, 6) is -2.45. The SMILES string of the molecule is COC(=O)CNS(=O)(=O)C(C(=O)OC)c1ccc(C(=O)OC(C)(C)C)cc1. The van der Waals surface area contributed by atoms with Crippen LogP contribution in [0, 0.1) is 0 Å². The highest BCUT2D eigenvalue weighted by molar-refractivity contribution is 7.90. The molecular weight excluding hydrogens is 378 g/mol. The molecule has 0 amide bonds. The van der Waals surface area contributed by atoms with Gasteiger partial charge in [-0.25, -0.2) is 17.9 Å². The van der Waals surface area contributed by atoms with Crippen molar-refractivity contribution in [2.75, 3.05) is 20.8 Å². The number of nitrogens with one attached hydrogen (secondary N) is 1. The maximum atomic E-state index is 12.4. The largest absolute Gasteiger partial charge is 0.468 e. The molecule has 0 heterocycles. The van der Waals surface area contributed by atoms with Crippen LogP contribution in [0.1, 0.15) is 41.9 Å². The van der Waals surface area contributed by atoms with E-state index >= 15 is 0 Å². The summed E-state index contributed by atoms with van der Waals surface area (Å²) in [6.07, 6.45) is 0. The summed E-state index contributed by atoms with van der Waals surface area (Å²) in [5, 5.41) is -1.72. The van der Waals surface area contributed by atoms with E-state index in [1.165, 1.54) is 24.3 Å². The molecule has 0 aliphatic carbocycles. The number of sulfonamides is 1. The summed E-state index contributed by atoms with van der Waals surface area (Å²) in [7, 11) is -2.15. The van der Waals surface area contributed by atoms with Gasteiger partial charge in [0.2, 0.25) is 10.0 Å². The molecule has 0 aliphatic rings. The summed E-state index contributed by atoms with van der Waals surface area (Å²) in [4.78, 5) is 35.2. The molecule has 10 heteroatoms. The van der Waals surface area contributed by atoms with E-state index in [0.717, 1.165) is 14.2 Å². The lowest BCUT2D eigenvalue weighted by Crippen LogP contribution is -2.37. The van der Waals surface area contributed by atoms with Crippen LogP contribution in [0.15, 0.2) is 24.3 Å². The van der Waals surface area contributed by atoms with E-state index in [-0.39, 0.29) is 11.1 Å². The topological polar surface area (TPSA) is 125 Å². The Morgan fingerprint density at radius 3 is 2.04 bits per heavy atom. The Morgan fingerprint density at radius 1 is 1.04 bits per heavy atom. The van der Waals surface area contributed by atoms with Crippen molar-refractivity contribution in [3.8, 4) is 0 Å². The van der Waals surface area contributed by atoms with Gasteiger partial charge in [-0.05, 0) is 38.5 Å². The van der Waals surface area contributed by atoms with E-state index in [2.05, 4.69) is 9.47 Å². The second-order valence-electron chi connectivity index (χ2n) is 6.47. The van der Waals surface area contributed by atoms with E-state index in [0.29, 0.717) is 0 Å². The molecule has 1 atom stereocenters. The molecule has 1 aromatic rings. The molecule has 9 nitrogen and oxygen atoms in total. The van der Waals surface area contributed by atoms with Crippen LogP contribution in [0.2, 0.25) is 0 Å². The van der Waals surface area contributed by atoms with E-state index in [4.69, 9.17) is 4.74 Å². The third-order valence-electron chi connectivity index (χ3n) is 3.22. The second kappa shape index (κ2) is 8.96. The van der Waals surface area contributed by atoms with Crippen LogP contribution >= 0.6 is 0 Å². The van der Waals surface area contributed by atoms with Crippen molar-refractivity contribution >= 4 is 27.9 Å². The Morgan fingerprint density at radius 2 is 1.59 bits per heavy atom. The molecule has 0 saturated heterocycles. The molecule has 1 rings (SSSR count). The third kappa shape index (κ3) is 6.65. The molecule has 0 bridgehead atoms. The van der Waals surface area contributed by atoms with Crippen molar-refractivity contribution in [2.45, 2.75) is 31.6 Å². The van der Waals surface area contributed by atoms with Crippen LogP contribution in [-0.4, -0.2) is 52.7 Å². The highest BCUT2D eigenvalue weighted by Gasteiger charge is 2.35. The molecule has 0 fully saturated rings. The van der Waals surface area contributed by atoms with Crippen LogP contribution in [0.5, 0.6) is 0 Å². The number of hydrogen-bond donors (Lipinski definition) is 1. The van der Waals surface area contributed by atoms with Gasteiger partial charge in [0.1, 0.15) is 12.1 Å². The lowest BCUT2D eigenvalue weighted by atomic mass is 10.1. The quantitative estimate of drug-likeness (QED) is 0.529. The summed E-state index contributed by atoms with van der Waals surface area (Å²) in [6.45, 7) is 4.51. The fourth-order valence-electron chi connectivity index (χ4n) is 1.99. The van der Waals surface area contributed by atoms with Gasteiger partial charge in [0, 0.05) is 0 Å². The Bertz CT molecular complexity index is 793. The van der Waals surface area contributed by atoms with Gasteiger partial charge < -0.3 is 14.2 Å². The highest BCUT2D eigenvalue weighted by Crippen LogP contribution is 2.24. The van der Waals surface area contributed by atoms with Crippen LogP contribution in [0.3, 0.4) is 0 Å². The van der Waals surface area contributed by atoms with E-state index in [1.807, 2.05) is 4.72 Å². The molecule has 0 radical (unpaired) electrons. The number of hydrogen-bond acceptors (Lipinski definition) is 8. The number of ether oxygens (including phenoxy) is 3. The van der Waals surface area contributed by atoms with Crippen molar-refractivity contribution < 1.29 is 37.0 Å². The van der Waals surface area contributed by atoms with Crippen molar-refractivity contribution in [3.05, 3.63) is 35.4 Å². The number of rotatable bonds is 7. The molecule has 0 saturated carbocycles. The smallest absolute Gasteiger partial charge is 0.338 e. The Balaban J connectivity index is 3.13. The minimum Gasteiger partial charge on any atom is -0.468 e. The predicted molar refractivity (Wildman–Crippen MR) is 95.3 cm³/mol. The molecule has 1 aromatic carbocycles. The molecule has 0 spiro atoms. The van der Waals surface area contributed by atoms with Gasteiger partial charge in [-0.1, -0.05) is 12.1 Å². The van der Waals surface area contributed by atoms with E-state index < -0.39 is 45.3 Å². The van der Waals surface area contributed by atoms with E-state index in [9.17, 15) is 22.8 Å². The van der Waals surface area contributed by atoms with Crippen LogP contribution in [0.25, 0.3) is 0 Å². The zero-order valence-electron chi connectivity index (χ0n) is 15.8. The number of carbonyl (C=O) groups excluding carboxylic acids is 3. The normalized spacial score (nSPS) is 12.8. The number of carbonyl (C=O) groups is 3. The van der Waals surface area contributed by atoms with Crippen molar-refractivity contribution in [1.82, 2.24) is 4.72 Å². The number of methoxy groups -OCH3 is 2. The first kappa shape index (κ1) is 22.6. The monoisotopic (exact) mass is 401 g/mol. The summed E-state index contributed by atoms with van der Waals surface area (Å²) in [6, 6.07) is 5.29. The first-order valence-corrected chi connectivity index (χ1v) is 9.42. The van der Waals surface area contributed by atoms with Crippen molar-refractivity contribution in [1.29, 1.82) is 0 Å². The van der Waals surface area contributed by atoms with Gasteiger partial charge in [-0.2, -0.15) is 0 Å². The second-order valence-corrected chi connectivity index (χ2v) is 8.32. The zero-order chi connectivity index (χ0) is 20.8. The van der Waals surface area contributed by atoms with Crippen LogP contribution in [-0.2, 0) is 33.8 Å². The van der Waals surface area contributed by atoms with Crippen LogP contribution in [0.4, 0.5) is 0 Å². The molecule has 0 aromatic heterocycles. The summed E-state index contributed by atoms with van der Waals surface area (Å²) < 4.78 is 41.0. The first-order chi connectivity index (χ1) is 12.4. The van der Waals surface area contributed by atoms with Crippen LogP contribution < -0.4 is 4.72 Å². The van der Waals surface area contributed by atoms with E-state index in [1.54, 1.807) is 20.8 Å². The minimum atomic E-state index is -4.30. The number of benzene rings is 1. The average molecular weight is 401 g/mol. The summed E-state index contributed by atoms with van der Waals surface area (Å²) >= 11 is 0. The van der Waals surface area contributed by atoms with Gasteiger partial charge in [-0.3, -0.25) is 9.59 Å². The fourth-order valence-corrected chi connectivity index (χ4v) is 3.35. The van der Waals surface area contributed by atoms with Gasteiger partial charge in [0.25, 0.3) is 0 Å². The fraction of sp³-hybridized carbons (Fsp3) is 0.471. The van der Waals surface area contributed by atoms with Gasteiger partial charge in [0.15, 0.2) is 5.25 Å². The molecule has 1 N–H and O–H groups in total. The van der Waals surface area contributed by atoms with Crippen molar-refractivity contribution in [3.63, 3.8) is 0 Å². The summed E-state index contributed by atoms with van der Waals surface area (Å²) in [5.41, 5.74) is -0.436. The van der Waals surface area contributed by atoms with Gasteiger partial charge in [-0.15, -0.1) is 0 Å². The number of esters is 3. The van der Waals surface area contributed by atoms with Crippen molar-refractivity contribution in [2.24, 2.45) is 0 Å². The Labute approximate surface area is 158 Å². The van der Waals surface area contributed by atoms with Gasteiger partial charge in [0.05, 0.1) is 19.8 Å². The maximum Gasteiger partial charge on any atom is 0.338 e. The van der Waals surface area contributed by atoms with Gasteiger partial charge >= 0.3 is 17.9 Å². The highest BCUT2D eigenvalue weighted by atomic mass is 32.2. The zero-order valence-corrected chi connectivity index (χ0v) is 16.6. The first-order valence-electron chi connectivity index (χ1n) is 7.87. The standard InChI is InChI=1S/C17H23NO8S/c1-17(2,3)26-15(20)12-8-6-11(7-9-12)14(16(21)25-5)27(22,23)18-10-13(19)24-4/h6-9,14,18H,10H2,1-5H3. The molecule has 150 valence electrons. The Hall–Kier alpha value is -2.46. The maximum absolute atomic E-state index is 12.4. The molecule has 1 unspecified atom stereocenters. The third-order valence-corrected chi connectivity index (χ3v) is 4.85. The predicted octanol–water partition coefficient (Wildman–Crippen LogP) is 0.948. The molecule has 0 aliphatic heterocycles. The Kier molecular flexibility index (Phi) is 7.49. The average Bonchev–Trinajstić information content (AvgIpc) is 2.58.